The molecule has 0 aliphatic heterocycles. The van der Waals surface area contributed by atoms with E-state index in [1.165, 1.54) is 5.56 Å². The van der Waals surface area contributed by atoms with Gasteiger partial charge in [0.25, 0.3) is 0 Å². The van der Waals surface area contributed by atoms with Crippen LogP contribution in [0.4, 0.5) is 0 Å². The summed E-state index contributed by atoms with van der Waals surface area (Å²) in [6.07, 6.45) is 0. The minimum absolute atomic E-state index is 0.326. The molecule has 3 nitrogen and oxygen atoms in total. The van der Waals surface area contributed by atoms with Gasteiger partial charge in [0.1, 0.15) is 0 Å². The highest BCUT2D eigenvalue weighted by Gasteiger charge is 2.12. The number of methoxy groups -OCH3 is 1. The first-order valence-corrected chi connectivity index (χ1v) is 8.64. The molecule has 0 radical (unpaired) electrons. The number of hydrogen-bond acceptors (Lipinski definition) is 4. The number of benzene rings is 1. The van der Waals surface area contributed by atoms with Gasteiger partial charge in [0.05, 0.1) is 18.2 Å². The third kappa shape index (κ3) is 4.22. The maximum Gasteiger partial charge on any atom is 0.175 e. The lowest BCUT2D eigenvalue weighted by molar-refractivity contribution is 0.308. The molecule has 0 aliphatic rings. The molecule has 0 saturated heterocycles. The first-order chi connectivity index (χ1) is 10.2. The molecule has 21 heavy (non-hydrogen) atoms. The van der Waals surface area contributed by atoms with Crippen LogP contribution in [-0.4, -0.2) is 13.7 Å². The molecule has 2 rings (SSSR count). The van der Waals surface area contributed by atoms with Gasteiger partial charge in [-0.15, -0.1) is 0 Å². The van der Waals surface area contributed by atoms with Crippen LogP contribution in [0.15, 0.2) is 33.4 Å². The molecule has 0 saturated carbocycles. The molecule has 0 fully saturated rings. The van der Waals surface area contributed by atoms with Crippen LogP contribution in [0, 0.1) is 0 Å². The lowest BCUT2D eigenvalue weighted by Gasteiger charge is -2.16. The van der Waals surface area contributed by atoms with Gasteiger partial charge in [-0.05, 0) is 69.9 Å². The smallest absolute Gasteiger partial charge is 0.175 e. The molecular formula is C16H20BrNO2S. The highest BCUT2D eigenvalue weighted by Crippen LogP contribution is 2.36. The number of halogens is 1. The largest absolute Gasteiger partial charge is 0.493 e. The van der Waals surface area contributed by atoms with E-state index >= 15 is 0 Å². The van der Waals surface area contributed by atoms with Crippen molar-refractivity contribution in [2.24, 2.45) is 0 Å². The van der Waals surface area contributed by atoms with Gasteiger partial charge in [0.15, 0.2) is 11.5 Å². The van der Waals surface area contributed by atoms with E-state index in [1.54, 1.807) is 18.4 Å². The summed E-state index contributed by atoms with van der Waals surface area (Å²) >= 11 is 5.28. The van der Waals surface area contributed by atoms with Crippen molar-refractivity contribution in [1.29, 1.82) is 0 Å². The predicted molar refractivity (Wildman–Crippen MR) is 91.4 cm³/mol. The van der Waals surface area contributed by atoms with Crippen LogP contribution in [0.2, 0.25) is 0 Å². The zero-order valence-corrected chi connectivity index (χ0v) is 14.9. The van der Waals surface area contributed by atoms with Crippen LogP contribution >= 0.6 is 27.3 Å². The second-order valence-electron chi connectivity index (χ2n) is 4.70. The van der Waals surface area contributed by atoms with Gasteiger partial charge < -0.3 is 14.8 Å². The number of thiophene rings is 1. The molecule has 114 valence electrons. The topological polar surface area (TPSA) is 30.5 Å². The van der Waals surface area contributed by atoms with Gasteiger partial charge in [-0.3, -0.25) is 0 Å². The fraction of sp³-hybridized carbons (Fsp3) is 0.375. The number of ether oxygens (including phenoxy) is 2. The summed E-state index contributed by atoms with van der Waals surface area (Å²) in [5, 5.41) is 7.79. The molecule has 1 heterocycles. The Hall–Kier alpha value is -1.04. The standard InChI is InChI=1S/C16H20BrNO2S/c1-4-20-16-14(17)7-12(8-15(16)19-3)9-18-11(2)13-5-6-21-10-13/h5-8,10-11,18H,4,9H2,1-3H3. The molecule has 1 N–H and O–H groups in total. The summed E-state index contributed by atoms with van der Waals surface area (Å²) in [4.78, 5) is 0. The minimum atomic E-state index is 0.326. The summed E-state index contributed by atoms with van der Waals surface area (Å²) in [5.74, 6) is 1.51. The Morgan fingerprint density at radius 1 is 1.38 bits per heavy atom. The van der Waals surface area contributed by atoms with Gasteiger partial charge in [-0.2, -0.15) is 11.3 Å². The summed E-state index contributed by atoms with van der Waals surface area (Å²) in [6.45, 7) is 5.52. The maximum atomic E-state index is 5.61. The quantitative estimate of drug-likeness (QED) is 0.762. The van der Waals surface area contributed by atoms with Crippen molar-refractivity contribution in [3.63, 3.8) is 0 Å². The van der Waals surface area contributed by atoms with Crippen LogP contribution < -0.4 is 14.8 Å². The SMILES string of the molecule is CCOc1c(Br)cc(CNC(C)c2ccsc2)cc1OC. The Kier molecular flexibility index (Phi) is 6.08. The Morgan fingerprint density at radius 2 is 2.19 bits per heavy atom. The number of rotatable bonds is 7. The zero-order chi connectivity index (χ0) is 15.2. The van der Waals surface area contributed by atoms with Gasteiger partial charge in [0.2, 0.25) is 0 Å². The highest BCUT2D eigenvalue weighted by atomic mass is 79.9. The van der Waals surface area contributed by atoms with E-state index in [0.717, 1.165) is 28.1 Å². The number of hydrogen-bond donors (Lipinski definition) is 1. The third-order valence-corrected chi connectivity index (χ3v) is 4.52. The van der Waals surface area contributed by atoms with Crippen molar-refractivity contribution in [2.45, 2.75) is 26.4 Å². The van der Waals surface area contributed by atoms with Gasteiger partial charge in [-0.25, -0.2) is 0 Å². The predicted octanol–water partition coefficient (Wildman–Crippen LogP) is 4.77. The molecule has 0 aliphatic carbocycles. The molecule has 1 atom stereocenters. The monoisotopic (exact) mass is 369 g/mol. The minimum Gasteiger partial charge on any atom is -0.493 e. The Morgan fingerprint density at radius 3 is 2.81 bits per heavy atom. The van der Waals surface area contributed by atoms with Gasteiger partial charge in [0, 0.05) is 12.6 Å². The zero-order valence-electron chi connectivity index (χ0n) is 12.5. The average Bonchev–Trinajstić information content (AvgIpc) is 3.01. The van der Waals surface area contributed by atoms with Crippen molar-refractivity contribution >= 4 is 27.3 Å². The van der Waals surface area contributed by atoms with Crippen LogP contribution in [-0.2, 0) is 6.54 Å². The highest BCUT2D eigenvalue weighted by molar-refractivity contribution is 9.10. The lowest BCUT2D eigenvalue weighted by atomic mass is 10.1. The van der Waals surface area contributed by atoms with E-state index in [4.69, 9.17) is 9.47 Å². The fourth-order valence-electron chi connectivity index (χ4n) is 2.07. The summed E-state index contributed by atoms with van der Waals surface area (Å²) in [7, 11) is 1.66. The second-order valence-corrected chi connectivity index (χ2v) is 6.34. The molecule has 0 spiro atoms. The summed E-state index contributed by atoms with van der Waals surface area (Å²) < 4.78 is 11.9. The molecule has 2 aromatic rings. The Balaban J connectivity index is 2.08. The first-order valence-electron chi connectivity index (χ1n) is 6.90. The normalized spacial score (nSPS) is 12.2. The Labute approximate surface area is 138 Å². The van der Waals surface area contributed by atoms with E-state index in [-0.39, 0.29) is 0 Å². The van der Waals surface area contributed by atoms with Crippen molar-refractivity contribution in [3.05, 3.63) is 44.6 Å². The fourth-order valence-corrected chi connectivity index (χ4v) is 3.43. The average molecular weight is 370 g/mol. The van der Waals surface area contributed by atoms with Crippen LogP contribution in [0.25, 0.3) is 0 Å². The first kappa shape index (κ1) is 16.3. The third-order valence-electron chi connectivity index (χ3n) is 3.23. The van der Waals surface area contributed by atoms with Crippen molar-refractivity contribution in [3.8, 4) is 11.5 Å². The molecular weight excluding hydrogens is 350 g/mol. The van der Waals surface area contributed by atoms with E-state index in [2.05, 4.69) is 51.1 Å². The number of nitrogens with one attached hydrogen (secondary N) is 1. The second kappa shape index (κ2) is 7.82. The van der Waals surface area contributed by atoms with E-state index in [9.17, 15) is 0 Å². The van der Waals surface area contributed by atoms with E-state index in [1.807, 2.05) is 13.0 Å². The lowest BCUT2D eigenvalue weighted by Crippen LogP contribution is -2.17. The maximum absolute atomic E-state index is 5.61. The molecule has 1 aromatic heterocycles. The van der Waals surface area contributed by atoms with Crippen LogP contribution in [0.1, 0.15) is 31.0 Å². The molecule has 0 bridgehead atoms. The van der Waals surface area contributed by atoms with Crippen LogP contribution in [0.3, 0.4) is 0 Å². The molecule has 0 amide bonds. The molecule has 1 unspecified atom stereocenters. The van der Waals surface area contributed by atoms with Crippen molar-refractivity contribution in [2.75, 3.05) is 13.7 Å². The summed E-state index contributed by atoms with van der Waals surface area (Å²) in [6, 6.07) is 6.56. The summed E-state index contributed by atoms with van der Waals surface area (Å²) in [5.41, 5.74) is 2.47. The van der Waals surface area contributed by atoms with Gasteiger partial charge >= 0.3 is 0 Å². The van der Waals surface area contributed by atoms with E-state index < -0.39 is 0 Å². The van der Waals surface area contributed by atoms with E-state index in [0.29, 0.717) is 12.6 Å². The molecule has 5 heteroatoms. The van der Waals surface area contributed by atoms with Gasteiger partial charge in [-0.1, -0.05) is 0 Å². The van der Waals surface area contributed by atoms with Crippen LogP contribution in [0.5, 0.6) is 11.5 Å². The van der Waals surface area contributed by atoms with Crippen molar-refractivity contribution in [1.82, 2.24) is 5.32 Å². The Bertz CT molecular complexity index is 572. The van der Waals surface area contributed by atoms with Crippen molar-refractivity contribution < 1.29 is 9.47 Å². The molecule has 1 aromatic carbocycles.